The van der Waals surface area contributed by atoms with Crippen molar-refractivity contribution in [1.82, 2.24) is 0 Å². The van der Waals surface area contributed by atoms with Crippen LogP contribution in [0.3, 0.4) is 0 Å². The van der Waals surface area contributed by atoms with Crippen LogP contribution in [0.25, 0.3) is 0 Å². The lowest BCUT2D eigenvalue weighted by Gasteiger charge is -2.00. The van der Waals surface area contributed by atoms with Crippen molar-refractivity contribution in [2.45, 2.75) is 24.7 Å². The van der Waals surface area contributed by atoms with Crippen LogP contribution >= 0.6 is 0 Å². The van der Waals surface area contributed by atoms with E-state index in [0.717, 1.165) is 24.3 Å². The highest BCUT2D eigenvalue weighted by atomic mass is 19.2. The van der Waals surface area contributed by atoms with E-state index in [2.05, 4.69) is 9.47 Å². The number of carbonyl (C=O) groups is 2. The number of hydrogen-bond donors (Lipinski definition) is 0. The predicted octanol–water partition coefficient (Wildman–Crippen LogP) is 4.48. The van der Waals surface area contributed by atoms with Gasteiger partial charge in [0.1, 0.15) is 0 Å². The number of benzene rings is 2. The van der Waals surface area contributed by atoms with Gasteiger partial charge < -0.3 is 9.47 Å². The quantitative estimate of drug-likeness (QED) is 0.537. The van der Waals surface area contributed by atoms with Gasteiger partial charge in [0.05, 0.1) is 26.1 Å². The molecule has 2 aromatic rings. The van der Waals surface area contributed by atoms with Crippen LogP contribution in [0.15, 0.2) is 36.4 Å². The number of carbonyl (C=O) groups excluding carboxylic acids is 2. The monoisotopic (exact) mass is 424 g/mol. The van der Waals surface area contributed by atoms with E-state index in [9.17, 15) is 27.2 Å². The van der Waals surface area contributed by atoms with Crippen molar-refractivity contribution in [3.05, 3.63) is 70.8 Å². The number of ether oxygens (including phenoxy) is 2. The maximum absolute atomic E-state index is 12.9. The Hall–Kier alpha value is -2.90. The van der Waals surface area contributed by atoms with Crippen molar-refractivity contribution in [2.24, 2.45) is 11.8 Å². The van der Waals surface area contributed by atoms with Crippen LogP contribution in [0.1, 0.15) is 35.8 Å². The molecular formula is C22H20F4O4. The Labute approximate surface area is 170 Å². The van der Waals surface area contributed by atoms with E-state index in [-0.39, 0.29) is 35.6 Å². The number of halogens is 4. The molecule has 2 aliphatic carbocycles. The number of esters is 2. The molecule has 0 radical (unpaired) electrons. The van der Waals surface area contributed by atoms with Crippen LogP contribution in [0, 0.1) is 35.1 Å². The van der Waals surface area contributed by atoms with E-state index in [1.807, 2.05) is 0 Å². The molecule has 4 nitrogen and oxygen atoms in total. The van der Waals surface area contributed by atoms with Gasteiger partial charge in [0.25, 0.3) is 0 Å². The summed E-state index contributed by atoms with van der Waals surface area (Å²) in [5.41, 5.74) is 1.31. The van der Waals surface area contributed by atoms with Gasteiger partial charge in [-0.2, -0.15) is 0 Å². The lowest BCUT2D eigenvalue weighted by atomic mass is 10.1. The molecule has 0 heterocycles. The average molecular weight is 424 g/mol. The summed E-state index contributed by atoms with van der Waals surface area (Å²) in [6, 6.07) is 7.46. The highest BCUT2D eigenvalue weighted by molar-refractivity contribution is 5.77. The van der Waals surface area contributed by atoms with Crippen LogP contribution in [-0.2, 0) is 19.1 Å². The zero-order valence-electron chi connectivity index (χ0n) is 16.3. The second kappa shape index (κ2) is 8.85. The van der Waals surface area contributed by atoms with Crippen molar-refractivity contribution >= 4 is 11.9 Å². The lowest BCUT2D eigenvalue weighted by molar-refractivity contribution is -0.143. The first-order valence-electron chi connectivity index (χ1n) is 9.32. The molecule has 4 rings (SSSR count). The maximum atomic E-state index is 12.9. The first-order chi connectivity index (χ1) is 14.3. The van der Waals surface area contributed by atoms with E-state index < -0.39 is 23.3 Å². The minimum atomic E-state index is -0.872. The minimum absolute atomic E-state index is 0.0208. The first kappa shape index (κ1) is 21.8. The lowest BCUT2D eigenvalue weighted by Crippen LogP contribution is -2.04. The number of methoxy groups -OCH3 is 2. The SMILES string of the molecule is COC(=O)C1CC1c1ccc(F)c(F)c1.COC(=O)C1CC1c1ccc(F)c(F)c1. The third-order valence-corrected chi connectivity index (χ3v) is 5.33. The normalized spacial score (nSPS) is 23.7. The standard InChI is InChI=1S/2C11H10F2O2/c2*1-15-11(14)8-5-7(8)6-2-3-9(12)10(13)4-6/h2*2-4,7-8H,5H2,1H3. The minimum Gasteiger partial charge on any atom is -0.469 e. The van der Waals surface area contributed by atoms with Gasteiger partial charge in [0, 0.05) is 0 Å². The summed E-state index contributed by atoms with van der Waals surface area (Å²) < 4.78 is 60.2. The van der Waals surface area contributed by atoms with E-state index in [1.165, 1.54) is 26.4 Å². The second-order valence-electron chi connectivity index (χ2n) is 7.29. The Morgan fingerprint density at radius 3 is 1.37 bits per heavy atom. The molecular weight excluding hydrogens is 404 g/mol. The summed E-state index contributed by atoms with van der Waals surface area (Å²) in [5, 5.41) is 0. The molecule has 8 heteroatoms. The Morgan fingerprint density at radius 1 is 0.700 bits per heavy atom. The number of rotatable bonds is 4. The molecule has 2 fully saturated rings. The highest BCUT2D eigenvalue weighted by Crippen LogP contribution is 2.49. The molecule has 2 saturated carbocycles. The fourth-order valence-electron chi connectivity index (χ4n) is 3.44. The van der Waals surface area contributed by atoms with Gasteiger partial charge in [0.2, 0.25) is 0 Å². The van der Waals surface area contributed by atoms with Gasteiger partial charge >= 0.3 is 11.9 Å². The van der Waals surface area contributed by atoms with E-state index in [4.69, 9.17) is 0 Å². The highest BCUT2D eigenvalue weighted by Gasteiger charge is 2.45. The topological polar surface area (TPSA) is 52.6 Å². The molecule has 0 aromatic heterocycles. The third kappa shape index (κ3) is 4.80. The molecule has 0 N–H and O–H groups in total. The van der Waals surface area contributed by atoms with Gasteiger partial charge in [-0.05, 0) is 60.1 Å². The Morgan fingerprint density at radius 2 is 1.07 bits per heavy atom. The maximum Gasteiger partial charge on any atom is 0.309 e. The fraction of sp³-hybridized carbons (Fsp3) is 0.364. The zero-order valence-corrected chi connectivity index (χ0v) is 16.3. The van der Waals surface area contributed by atoms with Crippen molar-refractivity contribution < 1.29 is 36.6 Å². The first-order valence-corrected chi connectivity index (χ1v) is 9.32. The Kier molecular flexibility index (Phi) is 6.43. The fourth-order valence-corrected chi connectivity index (χ4v) is 3.44. The van der Waals surface area contributed by atoms with Crippen LogP contribution in [0.2, 0.25) is 0 Å². The summed E-state index contributed by atoms with van der Waals surface area (Å²) in [6.45, 7) is 0. The molecule has 2 aliphatic rings. The van der Waals surface area contributed by atoms with Gasteiger partial charge in [-0.1, -0.05) is 12.1 Å². The molecule has 4 atom stereocenters. The van der Waals surface area contributed by atoms with Crippen molar-refractivity contribution in [1.29, 1.82) is 0 Å². The Balaban J connectivity index is 0.000000171. The van der Waals surface area contributed by atoms with Gasteiger partial charge in [0.15, 0.2) is 23.3 Å². The summed E-state index contributed by atoms with van der Waals surface area (Å²) in [6.07, 6.45) is 1.30. The number of hydrogen-bond acceptors (Lipinski definition) is 4. The summed E-state index contributed by atoms with van der Waals surface area (Å²) in [7, 11) is 2.64. The molecule has 0 spiro atoms. The third-order valence-electron chi connectivity index (χ3n) is 5.33. The zero-order chi connectivity index (χ0) is 22.0. The molecule has 30 heavy (non-hydrogen) atoms. The largest absolute Gasteiger partial charge is 0.469 e. The van der Waals surface area contributed by atoms with Crippen LogP contribution in [-0.4, -0.2) is 26.2 Å². The van der Waals surface area contributed by atoms with Crippen LogP contribution in [0.5, 0.6) is 0 Å². The smallest absolute Gasteiger partial charge is 0.309 e. The van der Waals surface area contributed by atoms with Crippen LogP contribution < -0.4 is 0 Å². The van der Waals surface area contributed by atoms with Crippen molar-refractivity contribution in [3.63, 3.8) is 0 Å². The molecule has 0 bridgehead atoms. The molecule has 4 unspecified atom stereocenters. The van der Waals surface area contributed by atoms with E-state index in [0.29, 0.717) is 24.0 Å². The summed E-state index contributed by atoms with van der Waals surface area (Å²) in [4.78, 5) is 22.2. The molecule has 2 aromatic carbocycles. The molecule has 160 valence electrons. The summed E-state index contributed by atoms with van der Waals surface area (Å²) >= 11 is 0. The molecule has 0 saturated heterocycles. The van der Waals surface area contributed by atoms with Gasteiger partial charge in [-0.25, -0.2) is 17.6 Å². The molecule has 0 aliphatic heterocycles. The van der Waals surface area contributed by atoms with Crippen molar-refractivity contribution in [2.75, 3.05) is 14.2 Å². The van der Waals surface area contributed by atoms with Crippen molar-refractivity contribution in [3.8, 4) is 0 Å². The van der Waals surface area contributed by atoms with Gasteiger partial charge in [-0.15, -0.1) is 0 Å². The average Bonchev–Trinajstić information content (AvgIpc) is 3.65. The molecule has 0 amide bonds. The van der Waals surface area contributed by atoms with Gasteiger partial charge in [-0.3, -0.25) is 9.59 Å². The Bertz CT molecular complexity index is 885. The predicted molar refractivity (Wildman–Crippen MR) is 98.4 cm³/mol. The summed E-state index contributed by atoms with van der Waals surface area (Å²) in [5.74, 6) is -4.48. The van der Waals surface area contributed by atoms with Crippen LogP contribution in [0.4, 0.5) is 17.6 Å². The van der Waals surface area contributed by atoms with E-state index >= 15 is 0 Å². The second-order valence-corrected chi connectivity index (χ2v) is 7.29. The van der Waals surface area contributed by atoms with E-state index in [1.54, 1.807) is 0 Å².